The third-order valence-corrected chi connectivity index (χ3v) is 7.38. The molecule has 1 unspecified atom stereocenters. The van der Waals surface area contributed by atoms with E-state index in [9.17, 15) is 4.57 Å². The van der Waals surface area contributed by atoms with E-state index in [0.717, 1.165) is 32.7 Å². The van der Waals surface area contributed by atoms with Gasteiger partial charge in [-0.1, -0.05) is 60.7 Å². The van der Waals surface area contributed by atoms with E-state index in [0.29, 0.717) is 18.1 Å². The van der Waals surface area contributed by atoms with Gasteiger partial charge in [0.1, 0.15) is 17.6 Å². The van der Waals surface area contributed by atoms with Crippen LogP contribution in [0.25, 0.3) is 32.7 Å². The number of fused-ring (bicyclic) bond motifs is 7. The van der Waals surface area contributed by atoms with Crippen LogP contribution in [0.4, 0.5) is 0 Å². The molecule has 1 atom stereocenters. The molecule has 6 rings (SSSR count). The lowest BCUT2D eigenvalue weighted by Crippen LogP contribution is -2.24. The van der Waals surface area contributed by atoms with Crippen molar-refractivity contribution in [2.75, 3.05) is 20.0 Å². The minimum absolute atomic E-state index is 0.228. The monoisotopic (exact) mass is 492 g/mol. The molecule has 2 aliphatic heterocycles. The maximum Gasteiger partial charge on any atom is 0.589 e. The standard InChI is InChI=1S/C27H25O7P/c1-27(2)30-16-20(32-27)15-29-17-31-35(28)33-23-13-11-18-7-3-5-9-21(18)25(23)26-22-10-6-4-8-19(22)12-14-24(26)34-35/h3-14,20H,15-17H2,1-2H3. The van der Waals surface area contributed by atoms with Crippen molar-refractivity contribution in [2.24, 2.45) is 0 Å². The van der Waals surface area contributed by atoms with Gasteiger partial charge < -0.3 is 23.3 Å². The minimum atomic E-state index is -4.06. The van der Waals surface area contributed by atoms with Gasteiger partial charge in [-0.3, -0.25) is 0 Å². The van der Waals surface area contributed by atoms with Gasteiger partial charge in [-0.05, 0) is 47.5 Å². The summed E-state index contributed by atoms with van der Waals surface area (Å²) < 4.78 is 48.1. The molecule has 180 valence electrons. The molecule has 0 bridgehead atoms. The third kappa shape index (κ3) is 4.31. The van der Waals surface area contributed by atoms with Crippen molar-refractivity contribution < 1.29 is 32.3 Å². The van der Waals surface area contributed by atoms with Crippen LogP contribution in [0.2, 0.25) is 0 Å². The number of benzene rings is 4. The Hall–Kier alpha value is -2.93. The van der Waals surface area contributed by atoms with Crippen LogP contribution in [0.3, 0.4) is 0 Å². The molecule has 0 radical (unpaired) electrons. The van der Waals surface area contributed by atoms with Gasteiger partial charge in [0, 0.05) is 11.1 Å². The zero-order chi connectivity index (χ0) is 24.0. The minimum Gasteiger partial charge on any atom is -0.394 e. The van der Waals surface area contributed by atoms with Gasteiger partial charge in [0.15, 0.2) is 12.6 Å². The van der Waals surface area contributed by atoms with Crippen molar-refractivity contribution in [3.8, 4) is 22.6 Å². The van der Waals surface area contributed by atoms with E-state index in [-0.39, 0.29) is 19.5 Å². The summed E-state index contributed by atoms with van der Waals surface area (Å²) in [5.41, 5.74) is 1.63. The number of hydrogen-bond donors (Lipinski definition) is 0. The highest BCUT2D eigenvalue weighted by molar-refractivity contribution is 7.49. The van der Waals surface area contributed by atoms with Gasteiger partial charge in [-0.25, -0.2) is 9.09 Å². The fourth-order valence-corrected chi connectivity index (χ4v) is 5.74. The molecular weight excluding hydrogens is 467 g/mol. The predicted octanol–water partition coefficient (Wildman–Crippen LogP) is 6.68. The summed E-state index contributed by atoms with van der Waals surface area (Å²) >= 11 is 0. The summed E-state index contributed by atoms with van der Waals surface area (Å²) in [7, 11) is -4.06. The summed E-state index contributed by atoms with van der Waals surface area (Å²) in [6.45, 7) is 4.04. The Bertz CT molecular complexity index is 1370. The number of phosphoric ester groups is 1. The summed E-state index contributed by atoms with van der Waals surface area (Å²) in [5, 5.41) is 4.02. The van der Waals surface area contributed by atoms with Crippen molar-refractivity contribution in [3.63, 3.8) is 0 Å². The van der Waals surface area contributed by atoms with E-state index in [1.54, 1.807) is 12.1 Å². The Balaban J connectivity index is 1.36. The molecule has 4 aromatic carbocycles. The van der Waals surface area contributed by atoms with Crippen molar-refractivity contribution >= 4 is 29.4 Å². The SMILES string of the molecule is CC1(C)OCC(COCOP2(=O)Oc3ccc4ccccc4c3-c3c(ccc4ccccc34)O2)O1. The van der Waals surface area contributed by atoms with E-state index in [2.05, 4.69) is 0 Å². The van der Waals surface area contributed by atoms with Gasteiger partial charge in [0.05, 0.1) is 13.2 Å². The molecule has 1 fully saturated rings. The summed E-state index contributed by atoms with van der Waals surface area (Å²) in [6, 6.07) is 23.5. The molecule has 0 amide bonds. The lowest BCUT2D eigenvalue weighted by atomic mass is 9.92. The molecule has 0 spiro atoms. The van der Waals surface area contributed by atoms with Crippen LogP contribution < -0.4 is 9.05 Å². The lowest BCUT2D eigenvalue weighted by molar-refractivity contribution is -0.148. The van der Waals surface area contributed by atoms with Gasteiger partial charge in [-0.15, -0.1) is 0 Å². The van der Waals surface area contributed by atoms with Crippen molar-refractivity contribution in [1.29, 1.82) is 0 Å². The fourth-order valence-electron chi connectivity index (χ4n) is 4.61. The molecule has 1 saturated heterocycles. The van der Waals surface area contributed by atoms with E-state index in [4.69, 9.17) is 27.8 Å². The first-order valence-electron chi connectivity index (χ1n) is 11.5. The molecule has 2 heterocycles. The first-order chi connectivity index (χ1) is 16.9. The second kappa shape index (κ2) is 8.63. The van der Waals surface area contributed by atoms with Crippen LogP contribution >= 0.6 is 7.82 Å². The molecule has 8 heteroatoms. The van der Waals surface area contributed by atoms with E-state index in [1.165, 1.54) is 0 Å². The van der Waals surface area contributed by atoms with Crippen molar-refractivity contribution in [2.45, 2.75) is 25.7 Å². The molecule has 0 N–H and O–H groups in total. The topological polar surface area (TPSA) is 72.5 Å². The average molecular weight is 492 g/mol. The maximum atomic E-state index is 13.7. The van der Waals surface area contributed by atoms with E-state index >= 15 is 0 Å². The number of hydrogen-bond acceptors (Lipinski definition) is 7. The highest BCUT2D eigenvalue weighted by Crippen LogP contribution is 2.59. The number of phosphoric acid groups is 1. The van der Waals surface area contributed by atoms with Crippen LogP contribution in [-0.4, -0.2) is 31.9 Å². The Morgan fingerprint density at radius 1 is 0.857 bits per heavy atom. The van der Waals surface area contributed by atoms with E-state index < -0.39 is 13.6 Å². The Labute approximate surface area is 203 Å². The number of rotatable bonds is 5. The second-order valence-corrected chi connectivity index (χ2v) is 10.5. The quantitative estimate of drug-likeness (QED) is 0.175. The van der Waals surface area contributed by atoms with Gasteiger partial charge in [0.25, 0.3) is 0 Å². The summed E-state index contributed by atoms with van der Waals surface area (Å²) in [6.07, 6.45) is -0.232. The average Bonchev–Trinajstić information content (AvgIpc) is 3.13. The van der Waals surface area contributed by atoms with Crippen LogP contribution in [0.1, 0.15) is 13.8 Å². The third-order valence-electron chi connectivity index (χ3n) is 6.12. The molecule has 4 aromatic rings. The highest BCUT2D eigenvalue weighted by atomic mass is 31.2. The molecule has 35 heavy (non-hydrogen) atoms. The molecule has 7 nitrogen and oxygen atoms in total. The molecule has 0 aromatic heterocycles. The largest absolute Gasteiger partial charge is 0.589 e. The van der Waals surface area contributed by atoms with E-state index in [1.807, 2.05) is 74.5 Å². The predicted molar refractivity (Wildman–Crippen MR) is 133 cm³/mol. The van der Waals surface area contributed by atoms with Gasteiger partial charge in [0.2, 0.25) is 0 Å². The maximum absolute atomic E-state index is 13.7. The number of ether oxygens (including phenoxy) is 3. The Morgan fingerprint density at radius 3 is 1.97 bits per heavy atom. The highest BCUT2D eigenvalue weighted by Gasteiger charge is 2.38. The zero-order valence-corrected chi connectivity index (χ0v) is 20.3. The lowest BCUT2D eigenvalue weighted by Gasteiger charge is -2.19. The first kappa shape index (κ1) is 22.5. The smallest absolute Gasteiger partial charge is 0.394 e. The van der Waals surface area contributed by atoms with Crippen molar-refractivity contribution in [3.05, 3.63) is 72.8 Å². The Morgan fingerprint density at radius 2 is 1.43 bits per heavy atom. The Kier molecular flexibility index (Phi) is 5.55. The normalized spacial score (nSPS) is 20.0. The fraction of sp³-hybridized carbons (Fsp3) is 0.259. The van der Waals surface area contributed by atoms with Crippen LogP contribution in [-0.2, 0) is 23.3 Å². The molecule has 0 aliphatic carbocycles. The van der Waals surface area contributed by atoms with Gasteiger partial charge >= 0.3 is 7.82 Å². The molecule has 0 saturated carbocycles. The second-order valence-electron chi connectivity index (χ2n) is 9.02. The molecular formula is C27H25O7P. The van der Waals surface area contributed by atoms with Gasteiger partial charge in [-0.2, -0.15) is 0 Å². The van der Waals surface area contributed by atoms with Crippen LogP contribution in [0.5, 0.6) is 11.5 Å². The summed E-state index contributed by atoms with van der Waals surface area (Å²) in [5.74, 6) is 0.210. The van der Waals surface area contributed by atoms with Crippen LogP contribution in [0.15, 0.2) is 72.8 Å². The first-order valence-corrected chi connectivity index (χ1v) is 12.9. The van der Waals surface area contributed by atoms with Crippen molar-refractivity contribution in [1.82, 2.24) is 0 Å². The molecule has 2 aliphatic rings. The van der Waals surface area contributed by atoms with Crippen LogP contribution in [0, 0.1) is 0 Å². The summed E-state index contributed by atoms with van der Waals surface area (Å²) in [4.78, 5) is 0. The zero-order valence-electron chi connectivity index (χ0n) is 19.4.